The molecular weight excluding hydrogens is 254 g/mol. The van der Waals surface area contributed by atoms with Crippen LogP contribution in [-0.2, 0) is 9.59 Å². The van der Waals surface area contributed by atoms with Crippen molar-refractivity contribution in [1.29, 1.82) is 0 Å². The molecule has 1 amide bonds. The van der Waals surface area contributed by atoms with E-state index in [9.17, 15) is 9.59 Å². The second-order valence-electron chi connectivity index (χ2n) is 6.51. The first kappa shape index (κ1) is 14.6. The number of hydrogen-bond acceptors (Lipinski definition) is 2. The molecule has 2 rings (SSSR count). The molecule has 1 saturated carbocycles. The normalized spacial score (nSPS) is 22.9. The van der Waals surface area contributed by atoms with E-state index in [4.69, 9.17) is 5.11 Å². The number of aliphatic carboxylic acids is 1. The summed E-state index contributed by atoms with van der Waals surface area (Å²) in [7, 11) is 0. The summed E-state index contributed by atoms with van der Waals surface area (Å²) in [5, 5.41) is 11.9. The van der Waals surface area contributed by atoms with Crippen molar-refractivity contribution in [2.24, 2.45) is 17.3 Å². The number of nitrogens with one attached hydrogen (secondary N) is 1. The van der Waals surface area contributed by atoms with Crippen LogP contribution in [0.4, 0.5) is 0 Å². The molecule has 3 atom stereocenters. The Hall–Kier alpha value is -1.84. The summed E-state index contributed by atoms with van der Waals surface area (Å²) in [6, 6.07) is 9.67. The molecule has 2 N–H and O–H groups in total. The maximum Gasteiger partial charge on any atom is 0.307 e. The zero-order chi connectivity index (χ0) is 14.9. The maximum absolute atomic E-state index is 12.2. The Labute approximate surface area is 119 Å². The van der Waals surface area contributed by atoms with Crippen molar-refractivity contribution < 1.29 is 14.7 Å². The number of amides is 1. The standard InChI is InChI=1S/C16H21NO3/c1-16(2,3)13(10-7-5-4-6-8-10)17-14(18)11-9-12(11)15(19)20/h4-8,11-13H,9H2,1-3H3,(H,17,18)(H,19,20)/t11-,12+,13?/m1/s1. The number of rotatable bonds is 4. The molecule has 1 fully saturated rings. The van der Waals surface area contributed by atoms with Crippen LogP contribution in [0.15, 0.2) is 30.3 Å². The van der Waals surface area contributed by atoms with Crippen molar-refractivity contribution in [3.8, 4) is 0 Å². The SMILES string of the molecule is CC(C)(C)C(NC(=O)[C@@H]1C[C@@H]1C(=O)O)c1ccccc1. The second-order valence-corrected chi connectivity index (χ2v) is 6.51. The molecule has 1 aromatic carbocycles. The average Bonchev–Trinajstić information content (AvgIpc) is 3.15. The van der Waals surface area contributed by atoms with Gasteiger partial charge in [-0.3, -0.25) is 9.59 Å². The topological polar surface area (TPSA) is 66.4 Å². The van der Waals surface area contributed by atoms with E-state index in [1.54, 1.807) is 0 Å². The van der Waals surface area contributed by atoms with E-state index in [0.717, 1.165) is 5.56 Å². The molecule has 0 spiro atoms. The maximum atomic E-state index is 12.2. The Balaban J connectivity index is 2.11. The third-order valence-electron chi connectivity index (χ3n) is 3.73. The van der Waals surface area contributed by atoms with Crippen molar-refractivity contribution in [1.82, 2.24) is 5.32 Å². The van der Waals surface area contributed by atoms with Crippen molar-refractivity contribution in [3.63, 3.8) is 0 Å². The largest absolute Gasteiger partial charge is 0.481 e. The van der Waals surface area contributed by atoms with Crippen molar-refractivity contribution in [3.05, 3.63) is 35.9 Å². The van der Waals surface area contributed by atoms with Gasteiger partial charge in [0.2, 0.25) is 5.91 Å². The van der Waals surface area contributed by atoms with Gasteiger partial charge in [0.1, 0.15) is 0 Å². The number of hydrogen-bond donors (Lipinski definition) is 2. The van der Waals surface area contributed by atoms with Crippen LogP contribution in [0.3, 0.4) is 0 Å². The van der Waals surface area contributed by atoms with Crippen molar-refractivity contribution >= 4 is 11.9 Å². The van der Waals surface area contributed by atoms with Crippen LogP contribution in [0.25, 0.3) is 0 Å². The van der Waals surface area contributed by atoms with Gasteiger partial charge in [0, 0.05) is 0 Å². The lowest BCUT2D eigenvalue weighted by molar-refractivity contribution is -0.140. The quantitative estimate of drug-likeness (QED) is 0.887. The van der Waals surface area contributed by atoms with E-state index in [0.29, 0.717) is 6.42 Å². The molecule has 1 aromatic rings. The van der Waals surface area contributed by atoms with E-state index < -0.39 is 11.9 Å². The third kappa shape index (κ3) is 3.18. The Morgan fingerprint density at radius 1 is 1.20 bits per heavy atom. The van der Waals surface area contributed by atoms with Crippen LogP contribution in [0.1, 0.15) is 38.8 Å². The number of carbonyl (C=O) groups excluding carboxylic acids is 1. The van der Waals surface area contributed by atoms with Gasteiger partial charge in [-0.15, -0.1) is 0 Å². The van der Waals surface area contributed by atoms with E-state index >= 15 is 0 Å². The van der Waals surface area contributed by atoms with Gasteiger partial charge in [0.25, 0.3) is 0 Å². The molecular formula is C16H21NO3. The predicted molar refractivity (Wildman–Crippen MR) is 76.0 cm³/mol. The first-order chi connectivity index (χ1) is 9.30. The molecule has 1 aliphatic rings. The monoisotopic (exact) mass is 275 g/mol. The minimum atomic E-state index is -0.878. The van der Waals surface area contributed by atoms with Crippen LogP contribution < -0.4 is 5.32 Å². The van der Waals surface area contributed by atoms with Gasteiger partial charge in [0.15, 0.2) is 0 Å². The van der Waals surface area contributed by atoms with Crippen molar-refractivity contribution in [2.45, 2.75) is 33.2 Å². The highest BCUT2D eigenvalue weighted by molar-refractivity contribution is 5.89. The predicted octanol–water partition coefficient (Wildman–Crippen LogP) is 2.61. The Morgan fingerprint density at radius 2 is 1.80 bits per heavy atom. The van der Waals surface area contributed by atoms with Crippen molar-refractivity contribution in [2.75, 3.05) is 0 Å². The van der Waals surface area contributed by atoms with Gasteiger partial charge < -0.3 is 10.4 Å². The molecule has 20 heavy (non-hydrogen) atoms. The van der Waals surface area contributed by atoms with Gasteiger partial charge >= 0.3 is 5.97 Å². The van der Waals surface area contributed by atoms with E-state index in [1.165, 1.54) is 0 Å². The number of carbonyl (C=O) groups is 2. The third-order valence-corrected chi connectivity index (χ3v) is 3.73. The first-order valence-corrected chi connectivity index (χ1v) is 6.89. The molecule has 0 radical (unpaired) electrons. The molecule has 4 heteroatoms. The minimum Gasteiger partial charge on any atom is -0.481 e. The molecule has 0 bridgehead atoms. The fourth-order valence-corrected chi connectivity index (χ4v) is 2.45. The molecule has 0 aromatic heterocycles. The molecule has 108 valence electrons. The molecule has 0 saturated heterocycles. The summed E-state index contributed by atoms with van der Waals surface area (Å²) in [5.74, 6) is -1.91. The lowest BCUT2D eigenvalue weighted by Crippen LogP contribution is -2.38. The number of carboxylic acid groups (broad SMARTS) is 1. The molecule has 4 nitrogen and oxygen atoms in total. The van der Waals surface area contributed by atoms with Gasteiger partial charge in [-0.2, -0.15) is 0 Å². The highest BCUT2D eigenvalue weighted by Crippen LogP contribution is 2.40. The zero-order valence-corrected chi connectivity index (χ0v) is 12.1. The van der Waals surface area contributed by atoms with Crippen LogP contribution in [-0.4, -0.2) is 17.0 Å². The molecule has 0 heterocycles. The van der Waals surface area contributed by atoms with E-state index in [2.05, 4.69) is 26.1 Å². The Morgan fingerprint density at radius 3 is 2.25 bits per heavy atom. The summed E-state index contributed by atoms with van der Waals surface area (Å²) in [5.41, 5.74) is 0.908. The Bertz CT molecular complexity index is 504. The lowest BCUT2D eigenvalue weighted by Gasteiger charge is -2.32. The molecule has 0 aliphatic heterocycles. The van der Waals surface area contributed by atoms with E-state index in [-0.39, 0.29) is 23.3 Å². The molecule has 1 aliphatic carbocycles. The summed E-state index contributed by atoms with van der Waals surface area (Å²) >= 11 is 0. The summed E-state index contributed by atoms with van der Waals surface area (Å²) < 4.78 is 0. The highest BCUT2D eigenvalue weighted by Gasteiger charge is 2.49. The fourth-order valence-electron chi connectivity index (χ4n) is 2.45. The van der Waals surface area contributed by atoms with E-state index in [1.807, 2.05) is 30.3 Å². The lowest BCUT2D eigenvalue weighted by atomic mass is 9.82. The Kier molecular flexibility index (Phi) is 3.84. The van der Waals surface area contributed by atoms with Crippen LogP contribution in [0.2, 0.25) is 0 Å². The van der Waals surface area contributed by atoms with Gasteiger partial charge in [0.05, 0.1) is 17.9 Å². The summed E-state index contributed by atoms with van der Waals surface area (Å²) in [4.78, 5) is 23.0. The molecule has 1 unspecified atom stereocenters. The van der Waals surface area contributed by atoms with Gasteiger partial charge in [-0.25, -0.2) is 0 Å². The zero-order valence-electron chi connectivity index (χ0n) is 12.1. The van der Waals surface area contributed by atoms with Crippen LogP contribution >= 0.6 is 0 Å². The van der Waals surface area contributed by atoms with Crippen LogP contribution in [0.5, 0.6) is 0 Å². The fraction of sp³-hybridized carbons (Fsp3) is 0.500. The second kappa shape index (κ2) is 5.27. The smallest absolute Gasteiger partial charge is 0.307 e. The average molecular weight is 275 g/mol. The van der Waals surface area contributed by atoms with Crippen LogP contribution in [0, 0.1) is 17.3 Å². The van der Waals surface area contributed by atoms with Gasteiger partial charge in [-0.1, -0.05) is 51.1 Å². The summed E-state index contributed by atoms with van der Waals surface area (Å²) in [6.07, 6.45) is 0.451. The number of carboxylic acids is 1. The first-order valence-electron chi connectivity index (χ1n) is 6.89. The number of benzene rings is 1. The minimum absolute atomic E-state index is 0.119. The van der Waals surface area contributed by atoms with Gasteiger partial charge in [-0.05, 0) is 17.4 Å². The highest BCUT2D eigenvalue weighted by atomic mass is 16.4. The summed E-state index contributed by atoms with van der Waals surface area (Å²) in [6.45, 7) is 6.19.